The van der Waals surface area contributed by atoms with Gasteiger partial charge in [0.2, 0.25) is 5.24 Å². The maximum atomic E-state index is 11.0. The Morgan fingerprint density at radius 3 is 1.35 bits per heavy atom. The highest BCUT2D eigenvalue weighted by molar-refractivity contribution is 6.64. The third-order valence-electron chi connectivity index (χ3n) is 1.47. The summed E-state index contributed by atoms with van der Waals surface area (Å²) in [6.07, 6.45) is 0. The summed E-state index contributed by atoms with van der Waals surface area (Å²) in [6.45, 7) is 12.3. The second-order valence-electron chi connectivity index (χ2n) is 5.72. The lowest BCUT2D eigenvalue weighted by molar-refractivity contribution is -0.154. The van der Waals surface area contributed by atoms with E-state index in [1.54, 1.807) is 48.5 Å². The fourth-order valence-corrected chi connectivity index (χ4v) is 0.405. The fourth-order valence-electron chi connectivity index (χ4n) is 0.324. The van der Waals surface area contributed by atoms with Crippen LogP contribution in [0, 0.1) is 10.8 Å². The van der Waals surface area contributed by atoms with Gasteiger partial charge in [-0.25, -0.2) is 0 Å². The van der Waals surface area contributed by atoms with Crippen molar-refractivity contribution in [1.29, 1.82) is 0 Å². The van der Waals surface area contributed by atoms with Crippen molar-refractivity contribution in [1.82, 2.24) is 0 Å². The van der Waals surface area contributed by atoms with Crippen molar-refractivity contribution >= 4 is 34.4 Å². The molecule has 1 unspecified atom stereocenters. The van der Waals surface area contributed by atoms with Gasteiger partial charge in [-0.15, -0.1) is 0 Å². The molecular formula is C12H22Cl2O3. The molecule has 0 bridgehead atoms. The highest BCUT2D eigenvalue weighted by Crippen LogP contribution is 2.17. The minimum absolute atomic E-state index is 0.269. The van der Waals surface area contributed by atoms with Gasteiger partial charge in [0, 0.05) is 5.41 Å². The molecule has 0 aromatic rings. The molecule has 3 nitrogen and oxygen atoms in total. The lowest BCUT2D eigenvalue weighted by Gasteiger charge is -2.17. The van der Waals surface area contributed by atoms with Gasteiger partial charge in [-0.3, -0.25) is 9.59 Å². The second kappa shape index (κ2) is 7.22. The first-order valence-corrected chi connectivity index (χ1v) is 6.15. The molecule has 0 aliphatic heterocycles. The number of hydrogen-bond donors (Lipinski definition) is 0. The molecule has 0 saturated heterocycles. The highest BCUT2D eigenvalue weighted by Gasteiger charge is 2.24. The molecule has 102 valence electrons. The number of ether oxygens (including phenoxy) is 1. The first-order chi connectivity index (χ1) is 7.28. The van der Waals surface area contributed by atoms with Crippen LogP contribution in [-0.4, -0.2) is 16.8 Å². The molecule has 0 radical (unpaired) electrons. The van der Waals surface area contributed by atoms with Gasteiger partial charge < -0.3 is 4.74 Å². The van der Waals surface area contributed by atoms with E-state index in [9.17, 15) is 9.59 Å². The van der Waals surface area contributed by atoms with Crippen LogP contribution in [0.2, 0.25) is 0 Å². The van der Waals surface area contributed by atoms with E-state index in [4.69, 9.17) is 27.9 Å². The van der Waals surface area contributed by atoms with Gasteiger partial charge in [0.25, 0.3) is 0 Å². The van der Waals surface area contributed by atoms with Crippen LogP contribution < -0.4 is 0 Å². The molecule has 17 heavy (non-hydrogen) atoms. The van der Waals surface area contributed by atoms with Crippen molar-refractivity contribution in [2.24, 2.45) is 10.8 Å². The van der Waals surface area contributed by atoms with Crippen LogP contribution in [0.25, 0.3) is 0 Å². The summed E-state index contributed by atoms with van der Waals surface area (Å²) in [5.74, 6) is -0.269. The van der Waals surface area contributed by atoms with E-state index in [1.807, 2.05) is 0 Å². The quantitative estimate of drug-likeness (QED) is 0.416. The Labute approximate surface area is 114 Å². The number of halogens is 2. The molecule has 0 aromatic heterocycles. The zero-order chi connectivity index (χ0) is 14.4. The molecule has 0 saturated carbocycles. The van der Waals surface area contributed by atoms with Gasteiger partial charge in [0.1, 0.15) is 0 Å². The number of hydrogen-bond acceptors (Lipinski definition) is 3. The molecule has 0 rings (SSSR count). The van der Waals surface area contributed by atoms with Crippen LogP contribution in [0.5, 0.6) is 0 Å². The van der Waals surface area contributed by atoms with Gasteiger partial charge in [0.15, 0.2) is 5.56 Å². The Kier molecular flexibility index (Phi) is 8.10. The Hall–Kier alpha value is -0.280. The summed E-state index contributed by atoms with van der Waals surface area (Å²) in [5, 5.41) is -0.285. The molecule has 0 N–H and O–H groups in total. The normalized spacial score (nSPS) is 13.2. The third kappa shape index (κ3) is 12.0. The smallest absolute Gasteiger partial charge is 0.312 e. The predicted octanol–water partition coefficient (Wildman–Crippen LogP) is 3.96. The Bertz CT molecular complexity index is 260. The molecule has 1 atom stereocenters. The molecule has 5 heteroatoms. The Morgan fingerprint density at radius 2 is 1.29 bits per heavy atom. The van der Waals surface area contributed by atoms with Crippen LogP contribution in [-0.2, 0) is 14.3 Å². The molecule has 0 heterocycles. The van der Waals surface area contributed by atoms with E-state index < -0.39 is 11.0 Å². The lowest BCUT2D eigenvalue weighted by atomic mass is 9.97. The van der Waals surface area contributed by atoms with Crippen LogP contribution in [0.15, 0.2) is 0 Å². The predicted molar refractivity (Wildman–Crippen MR) is 71.2 cm³/mol. The van der Waals surface area contributed by atoms with Crippen LogP contribution in [0.4, 0.5) is 0 Å². The van der Waals surface area contributed by atoms with Crippen molar-refractivity contribution in [3.8, 4) is 0 Å². The maximum Gasteiger partial charge on any atom is 0.312 e. The van der Waals surface area contributed by atoms with E-state index in [2.05, 4.69) is 0 Å². The first kappa shape index (κ1) is 19.1. The molecule has 0 aromatic carbocycles. The number of esters is 1. The fraction of sp³-hybridized carbons (Fsp3) is 0.833. The van der Waals surface area contributed by atoms with E-state index in [-0.39, 0.29) is 16.6 Å². The van der Waals surface area contributed by atoms with Crippen molar-refractivity contribution in [3.05, 3.63) is 0 Å². The molecule has 0 spiro atoms. The van der Waals surface area contributed by atoms with Crippen LogP contribution in [0.3, 0.4) is 0 Å². The molecular weight excluding hydrogens is 263 g/mol. The van der Waals surface area contributed by atoms with E-state index >= 15 is 0 Å². The second-order valence-corrected chi connectivity index (χ2v) is 6.68. The topological polar surface area (TPSA) is 43.4 Å². The number of carbonyl (C=O) groups is 2. The molecule has 0 aliphatic rings. The van der Waals surface area contributed by atoms with Gasteiger partial charge in [-0.2, -0.15) is 0 Å². The average Bonchev–Trinajstić information content (AvgIpc) is 1.99. The Balaban J connectivity index is 0. The number of alkyl halides is 1. The summed E-state index contributed by atoms with van der Waals surface area (Å²) >= 11 is 10.6. The van der Waals surface area contributed by atoms with Crippen molar-refractivity contribution in [2.75, 3.05) is 0 Å². The monoisotopic (exact) mass is 284 g/mol. The van der Waals surface area contributed by atoms with Gasteiger partial charge in [0.05, 0.1) is 5.41 Å². The van der Waals surface area contributed by atoms with Crippen LogP contribution >= 0.6 is 23.2 Å². The van der Waals surface area contributed by atoms with Crippen molar-refractivity contribution in [2.45, 2.75) is 54.0 Å². The summed E-state index contributed by atoms with van der Waals surface area (Å²) in [7, 11) is 0. The van der Waals surface area contributed by atoms with Crippen LogP contribution in [0.1, 0.15) is 48.5 Å². The number of rotatable bonds is 1. The summed E-state index contributed by atoms with van der Waals surface area (Å²) in [6, 6.07) is 0. The van der Waals surface area contributed by atoms with E-state index in [0.717, 1.165) is 0 Å². The third-order valence-corrected chi connectivity index (χ3v) is 2.13. The van der Waals surface area contributed by atoms with E-state index in [0.29, 0.717) is 0 Å². The van der Waals surface area contributed by atoms with Crippen molar-refractivity contribution in [3.63, 3.8) is 0 Å². The van der Waals surface area contributed by atoms with Gasteiger partial charge >= 0.3 is 5.97 Å². The molecule has 0 aliphatic carbocycles. The van der Waals surface area contributed by atoms with E-state index in [1.165, 1.54) is 0 Å². The van der Waals surface area contributed by atoms with Crippen molar-refractivity contribution < 1.29 is 14.3 Å². The standard InChI is InChI=1S/C7H13ClO2.C5H9ClO/c1-5(8)10-6(9)7(2,3)4;1-5(2,3)4(6)7/h5H,1-4H3;1-3H3. The minimum atomic E-state index is -0.535. The first-order valence-electron chi connectivity index (χ1n) is 5.33. The highest BCUT2D eigenvalue weighted by atomic mass is 35.5. The molecule has 0 fully saturated rings. The number of carbonyl (C=O) groups excluding carboxylic acids is 2. The summed E-state index contributed by atoms with van der Waals surface area (Å²) in [4.78, 5) is 21.2. The lowest BCUT2D eigenvalue weighted by Crippen LogP contribution is -2.24. The maximum absolute atomic E-state index is 11.0. The summed E-state index contributed by atoms with van der Waals surface area (Å²) < 4.78 is 4.74. The zero-order valence-electron chi connectivity index (χ0n) is 11.6. The largest absolute Gasteiger partial charge is 0.446 e. The SMILES string of the molecule is CC(C)(C)C(=O)Cl.CC(Cl)OC(=O)C(C)(C)C. The minimum Gasteiger partial charge on any atom is -0.446 e. The zero-order valence-corrected chi connectivity index (χ0v) is 13.1. The summed E-state index contributed by atoms with van der Waals surface area (Å²) in [5.41, 5.74) is -1.36. The van der Waals surface area contributed by atoms with Gasteiger partial charge in [-0.1, -0.05) is 32.4 Å². The molecule has 0 amide bonds. The average molecular weight is 285 g/mol. The van der Waals surface area contributed by atoms with Gasteiger partial charge in [-0.05, 0) is 39.3 Å². The Morgan fingerprint density at radius 1 is 1.00 bits per heavy atom.